The van der Waals surface area contributed by atoms with Crippen molar-refractivity contribution in [2.45, 2.75) is 33.1 Å². The number of carbonyl (C=O) groups excluding carboxylic acids is 1. The summed E-state index contributed by atoms with van der Waals surface area (Å²) in [4.78, 5) is 19.1. The summed E-state index contributed by atoms with van der Waals surface area (Å²) in [6.45, 7) is 6.73. The molecule has 1 saturated heterocycles. The Morgan fingerprint density at radius 2 is 1.78 bits per heavy atom. The molecule has 1 aliphatic rings. The van der Waals surface area contributed by atoms with Gasteiger partial charge in [-0.25, -0.2) is 0 Å². The van der Waals surface area contributed by atoms with Crippen LogP contribution >= 0.6 is 15.9 Å². The number of nitrogens with zero attached hydrogens (tertiary/aromatic N) is 3. The van der Waals surface area contributed by atoms with Crippen LogP contribution in [-0.4, -0.2) is 22.6 Å². The first-order chi connectivity index (χ1) is 12.9. The first kappa shape index (κ1) is 17.9. The summed E-state index contributed by atoms with van der Waals surface area (Å²) < 4.78 is 6.49. The highest BCUT2D eigenvalue weighted by atomic mass is 79.9. The number of benzene rings is 2. The van der Waals surface area contributed by atoms with Gasteiger partial charge in [-0.3, -0.25) is 4.79 Å². The maximum atomic E-state index is 12.7. The lowest BCUT2D eigenvalue weighted by molar-refractivity contribution is -0.117. The first-order valence-electron chi connectivity index (χ1n) is 8.90. The summed E-state index contributed by atoms with van der Waals surface area (Å²) in [6, 6.07) is 12.0. The molecule has 2 heterocycles. The Labute approximate surface area is 166 Å². The van der Waals surface area contributed by atoms with Crippen molar-refractivity contribution in [1.82, 2.24) is 10.1 Å². The van der Waals surface area contributed by atoms with Crippen molar-refractivity contribution in [3.8, 4) is 11.4 Å². The van der Waals surface area contributed by atoms with E-state index in [1.54, 1.807) is 0 Å². The molecule has 1 amide bonds. The fourth-order valence-electron chi connectivity index (χ4n) is 3.80. The molecule has 0 radical (unpaired) electrons. The van der Waals surface area contributed by atoms with Crippen LogP contribution in [0.5, 0.6) is 0 Å². The predicted octanol–water partition coefficient (Wildman–Crippen LogP) is 4.94. The largest absolute Gasteiger partial charge is 0.339 e. The van der Waals surface area contributed by atoms with E-state index in [-0.39, 0.29) is 11.8 Å². The molecule has 1 fully saturated rings. The molecule has 1 aromatic heterocycles. The zero-order valence-electron chi connectivity index (χ0n) is 15.5. The van der Waals surface area contributed by atoms with Gasteiger partial charge in [0, 0.05) is 28.7 Å². The standard InChI is InChI=1S/C21H20BrN3O2/c1-12-8-13(2)19(14(3)9-12)25-11-16(10-18(25)26)21-23-20(24-27-21)15-4-6-17(22)7-5-15/h4-9,16H,10-11H2,1-3H3. The SMILES string of the molecule is Cc1cc(C)c(N2CC(c3nc(-c4ccc(Br)cc4)no3)CC2=O)c(C)c1. The highest BCUT2D eigenvalue weighted by Gasteiger charge is 2.36. The molecule has 0 aliphatic carbocycles. The molecule has 5 nitrogen and oxygen atoms in total. The van der Waals surface area contributed by atoms with Crippen LogP contribution in [0.15, 0.2) is 45.4 Å². The second-order valence-electron chi connectivity index (χ2n) is 7.12. The maximum absolute atomic E-state index is 12.7. The molecule has 0 bridgehead atoms. The minimum absolute atomic E-state index is 0.0886. The summed E-state index contributed by atoms with van der Waals surface area (Å²) in [6.07, 6.45) is 0.384. The number of hydrogen-bond donors (Lipinski definition) is 0. The van der Waals surface area contributed by atoms with E-state index in [1.165, 1.54) is 5.56 Å². The van der Waals surface area contributed by atoms with E-state index >= 15 is 0 Å². The van der Waals surface area contributed by atoms with Gasteiger partial charge in [0.2, 0.25) is 17.6 Å². The third-order valence-electron chi connectivity index (χ3n) is 4.92. The van der Waals surface area contributed by atoms with Crippen LogP contribution in [-0.2, 0) is 4.79 Å². The average molecular weight is 426 g/mol. The Kier molecular flexibility index (Phi) is 4.60. The van der Waals surface area contributed by atoms with Crippen LogP contribution in [0.2, 0.25) is 0 Å². The monoisotopic (exact) mass is 425 g/mol. The third-order valence-corrected chi connectivity index (χ3v) is 5.45. The lowest BCUT2D eigenvalue weighted by Gasteiger charge is -2.21. The quantitative estimate of drug-likeness (QED) is 0.595. The molecule has 138 valence electrons. The Morgan fingerprint density at radius 1 is 1.11 bits per heavy atom. The van der Waals surface area contributed by atoms with Crippen molar-refractivity contribution in [3.63, 3.8) is 0 Å². The zero-order valence-corrected chi connectivity index (χ0v) is 17.1. The molecule has 1 aliphatic heterocycles. The maximum Gasteiger partial charge on any atom is 0.232 e. The molecule has 27 heavy (non-hydrogen) atoms. The number of aryl methyl sites for hydroxylation is 3. The first-order valence-corrected chi connectivity index (χ1v) is 9.69. The van der Waals surface area contributed by atoms with E-state index < -0.39 is 0 Å². The number of hydrogen-bond acceptors (Lipinski definition) is 4. The molecular formula is C21H20BrN3O2. The van der Waals surface area contributed by atoms with Crippen LogP contribution in [0, 0.1) is 20.8 Å². The molecule has 0 spiro atoms. The number of anilines is 1. The van der Waals surface area contributed by atoms with Crippen molar-refractivity contribution in [3.05, 3.63) is 63.5 Å². The molecule has 1 atom stereocenters. The number of aromatic nitrogens is 2. The predicted molar refractivity (Wildman–Crippen MR) is 108 cm³/mol. The number of rotatable bonds is 3. The molecule has 3 aromatic rings. The average Bonchev–Trinajstić information content (AvgIpc) is 3.22. The van der Waals surface area contributed by atoms with E-state index in [4.69, 9.17) is 4.52 Å². The topological polar surface area (TPSA) is 59.2 Å². The molecule has 0 saturated carbocycles. The summed E-state index contributed by atoms with van der Waals surface area (Å²) >= 11 is 3.42. The minimum Gasteiger partial charge on any atom is -0.339 e. The van der Waals surface area contributed by atoms with Crippen LogP contribution in [0.4, 0.5) is 5.69 Å². The Balaban J connectivity index is 1.59. The van der Waals surface area contributed by atoms with Gasteiger partial charge in [-0.1, -0.05) is 38.8 Å². The Bertz CT molecular complexity index is 988. The van der Waals surface area contributed by atoms with Gasteiger partial charge < -0.3 is 9.42 Å². The van der Waals surface area contributed by atoms with Crippen LogP contribution in [0.25, 0.3) is 11.4 Å². The van der Waals surface area contributed by atoms with Crippen molar-refractivity contribution in [2.24, 2.45) is 0 Å². The van der Waals surface area contributed by atoms with E-state index in [1.807, 2.05) is 43.0 Å². The second-order valence-corrected chi connectivity index (χ2v) is 8.03. The van der Waals surface area contributed by atoms with Gasteiger partial charge in [-0.05, 0) is 56.2 Å². The molecule has 4 rings (SSSR count). The van der Waals surface area contributed by atoms with Crippen LogP contribution in [0.1, 0.15) is 34.9 Å². The fraction of sp³-hybridized carbons (Fsp3) is 0.286. The summed E-state index contributed by atoms with van der Waals surface area (Å²) in [5.41, 5.74) is 5.32. The molecule has 0 N–H and O–H groups in total. The normalized spacial score (nSPS) is 17.0. The smallest absolute Gasteiger partial charge is 0.232 e. The molecule has 2 aromatic carbocycles. The van der Waals surface area contributed by atoms with E-state index in [0.717, 1.165) is 26.9 Å². The molecule has 1 unspecified atom stereocenters. The number of amides is 1. The summed E-state index contributed by atoms with van der Waals surface area (Å²) in [7, 11) is 0. The number of halogens is 1. The van der Waals surface area contributed by atoms with Gasteiger partial charge in [0.15, 0.2) is 0 Å². The van der Waals surface area contributed by atoms with E-state index in [2.05, 4.69) is 45.1 Å². The Hall–Kier alpha value is -2.47. The van der Waals surface area contributed by atoms with E-state index in [9.17, 15) is 4.79 Å². The third kappa shape index (κ3) is 3.41. The lowest BCUT2D eigenvalue weighted by atomic mass is 10.0. The second kappa shape index (κ2) is 6.93. The highest BCUT2D eigenvalue weighted by molar-refractivity contribution is 9.10. The van der Waals surface area contributed by atoms with Crippen molar-refractivity contribution in [2.75, 3.05) is 11.4 Å². The van der Waals surface area contributed by atoms with Crippen molar-refractivity contribution < 1.29 is 9.32 Å². The zero-order chi connectivity index (χ0) is 19.1. The molecule has 6 heteroatoms. The minimum atomic E-state index is -0.0886. The van der Waals surface area contributed by atoms with Gasteiger partial charge in [0.25, 0.3) is 0 Å². The fourth-order valence-corrected chi connectivity index (χ4v) is 4.07. The van der Waals surface area contributed by atoms with Gasteiger partial charge in [-0.15, -0.1) is 0 Å². The van der Waals surface area contributed by atoms with Crippen molar-refractivity contribution in [1.29, 1.82) is 0 Å². The van der Waals surface area contributed by atoms with Gasteiger partial charge in [0.1, 0.15) is 0 Å². The van der Waals surface area contributed by atoms with Gasteiger partial charge >= 0.3 is 0 Å². The van der Waals surface area contributed by atoms with Crippen molar-refractivity contribution >= 4 is 27.5 Å². The van der Waals surface area contributed by atoms with Gasteiger partial charge in [0.05, 0.1) is 5.92 Å². The molecular weight excluding hydrogens is 406 g/mol. The Morgan fingerprint density at radius 3 is 2.44 bits per heavy atom. The van der Waals surface area contributed by atoms with Crippen LogP contribution < -0.4 is 4.90 Å². The summed E-state index contributed by atoms with van der Waals surface area (Å²) in [5, 5.41) is 4.10. The summed E-state index contributed by atoms with van der Waals surface area (Å²) in [5.74, 6) is 1.07. The van der Waals surface area contributed by atoms with Crippen LogP contribution in [0.3, 0.4) is 0 Å². The lowest BCUT2D eigenvalue weighted by Crippen LogP contribution is -2.26. The van der Waals surface area contributed by atoms with E-state index in [0.29, 0.717) is 24.7 Å². The number of carbonyl (C=O) groups is 1. The highest BCUT2D eigenvalue weighted by Crippen LogP contribution is 2.35. The van der Waals surface area contributed by atoms with Gasteiger partial charge in [-0.2, -0.15) is 4.98 Å².